The van der Waals surface area contributed by atoms with Crippen molar-refractivity contribution in [2.45, 2.75) is 44.7 Å². The minimum Gasteiger partial charge on any atom is -0.355 e. The molecule has 3 aromatic carbocycles. The number of amides is 2. The molecule has 3 heterocycles. The van der Waals surface area contributed by atoms with Crippen LogP contribution >= 0.6 is 15.9 Å². The van der Waals surface area contributed by atoms with Gasteiger partial charge in [-0.15, -0.1) is 0 Å². The van der Waals surface area contributed by atoms with E-state index in [0.29, 0.717) is 35.0 Å². The lowest BCUT2D eigenvalue weighted by molar-refractivity contribution is -0.138. The molecule has 0 bridgehead atoms. The van der Waals surface area contributed by atoms with Gasteiger partial charge in [-0.1, -0.05) is 46.3 Å². The Morgan fingerprint density at radius 1 is 1.02 bits per heavy atom. The Morgan fingerprint density at radius 3 is 2.31 bits per heavy atom. The number of alkyl halides is 3. The maximum atomic E-state index is 14.5. The molecule has 2 aliphatic heterocycles. The van der Waals surface area contributed by atoms with Crippen molar-refractivity contribution in [3.05, 3.63) is 121 Å². The van der Waals surface area contributed by atoms with E-state index in [0.717, 1.165) is 24.7 Å². The number of likely N-dealkylation sites (tertiary alicyclic amines) is 1. The second-order valence-electron chi connectivity index (χ2n) is 12.3. The number of nitrogens with zero attached hydrogens (tertiary/aromatic N) is 5. The highest BCUT2D eigenvalue weighted by Crippen LogP contribution is 2.36. The molecule has 0 radical (unpaired) electrons. The van der Waals surface area contributed by atoms with Crippen molar-refractivity contribution in [3.8, 4) is 5.69 Å². The van der Waals surface area contributed by atoms with Crippen LogP contribution in [0.3, 0.4) is 0 Å². The Kier molecular flexibility index (Phi) is 9.18. The highest BCUT2D eigenvalue weighted by atomic mass is 79.9. The Morgan fingerprint density at radius 2 is 1.69 bits per heavy atom. The predicted molar refractivity (Wildman–Crippen MR) is 179 cm³/mol. The van der Waals surface area contributed by atoms with Gasteiger partial charge in [0.25, 0.3) is 17.4 Å². The molecule has 1 atom stereocenters. The Balaban J connectivity index is 1.46. The smallest absolute Gasteiger partial charge is 0.355 e. The number of hydrogen-bond acceptors (Lipinski definition) is 6. The minimum atomic E-state index is -4.65. The molecule has 6 rings (SSSR count). The number of nitrogens with one attached hydrogen (secondary N) is 1. The summed E-state index contributed by atoms with van der Waals surface area (Å²) in [5.41, 5.74) is 1.48. The van der Waals surface area contributed by atoms with Crippen molar-refractivity contribution in [3.63, 3.8) is 0 Å². The maximum Gasteiger partial charge on any atom is 0.417 e. The quantitative estimate of drug-likeness (QED) is 0.279. The van der Waals surface area contributed by atoms with Crippen LogP contribution in [0.4, 0.5) is 19.1 Å². The fourth-order valence-electron chi connectivity index (χ4n) is 6.30. The molecule has 1 N–H and O–H groups in total. The van der Waals surface area contributed by atoms with Gasteiger partial charge in [0, 0.05) is 53.9 Å². The van der Waals surface area contributed by atoms with Gasteiger partial charge in [0.2, 0.25) is 5.95 Å². The molecule has 48 heavy (non-hydrogen) atoms. The molecule has 4 aromatic rings. The van der Waals surface area contributed by atoms with Crippen LogP contribution in [0.25, 0.3) is 5.69 Å². The van der Waals surface area contributed by atoms with Gasteiger partial charge in [0.05, 0.1) is 29.5 Å². The zero-order valence-corrected chi connectivity index (χ0v) is 28.2. The van der Waals surface area contributed by atoms with Crippen LogP contribution in [-0.4, -0.2) is 70.4 Å². The van der Waals surface area contributed by atoms with Crippen molar-refractivity contribution in [2.75, 3.05) is 32.1 Å². The molecule has 9 nitrogen and oxygen atoms in total. The first-order chi connectivity index (χ1) is 22.8. The summed E-state index contributed by atoms with van der Waals surface area (Å²) < 4.78 is 42.5. The Bertz CT molecular complexity index is 1910. The lowest BCUT2D eigenvalue weighted by Crippen LogP contribution is -2.59. The number of benzene rings is 3. The topological polar surface area (TPSA) is 90.8 Å². The van der Waals surface area contributed by atoms with Gasteiger partial charge in [-0.2, -0.15) is 13.2 Å². The van der Waals surface area contributed by atoms with Gasteiger partial charge in [0.15, 0.2) is 0 Å². The van der Waals surface area contributed by atoms with E-state index in [9.17, 15) is 27.6 Å². The van der Waals surface area contributed by atoms with E-state index in [4.69, 9.17) is 4.98 Å². The number of carbonyl (C=O) groups excluding carboxylic acids is 2. The fraction of sp³-hybridized carbons (Fsp3) is 0.314. The standard InChI is InChI=1S/C35H34BrF3N6O3/c1-21-15-27-30(20-43(21)32(47)24-11-14-29(36)28(16-24)35(37,38)39)41-34(44(26-18-42(3)19-26)17-22-7-5-4-6-8-22)45(33(27)48)25-12-9-23(10-13-25)31(46)40-2/h4-14,16,21,26H,15,17-20H2,1-3H3,(H,40,46)/t21-/m1/s1. The third-order valence-corrected chi connectivity index (χ3v) is 9.62. The second-order valence-corrected chi connectivity index (χ2v) is 13.1. The largest absolute Gasteiger partial charge is 0.417 e. The van der Waals surface area contributed by atoms with E-state index >= 15 is 0 Å². The van der Waals surface area contributed by atoms with Crippen LogP contribution in [0.5, 0.6) is 0 Å². The first-order valence-electron chi connectivity index (χ1n) is 15.5. The SMILES string of the molecule is CNC(=O)c1ccc(-n2c(N(Cc3ccccc3)C3CN(C)C3)nc3c(c2=O)C[C@@H](C)N(C(=O)c2ccc(Br)c(C(F)(F)F)c2)C3)cc1. The van der Waals surface area contributed by atoms with Gasteiger partial charge < -0.3 is 20.0 Å². The van der Waals surface area contributed by atoms with Crippen molar-refractivity contribution in [2.24, 2.45) is 0 Å². The van der Waals surface area contributed by atoms with Crippen LogP contribution in [0.2, 0.25) is 0 Å². The third-order valence-electron chi connectivity index (χ3n) is 8.93. The highest BCUT2D eigenvalue weighted by molar-refractivity contribution is 9.10. The van der Waals surface area contributed by atoms with Crippen LogP contribution in [0.15, 0.2) is 82.1 Å². The summed E-state index contributed by atoms with van der Waals surface area (Å²) in [5.74, 6) is -0.448. The van der Waals surface area contributed by atoms with Crippen molar-refractivity contribution >= 4 is 33.7 Å². The van der Waals surface area contributed by atoms with E-state index in [1.165, 1.54) is 17.0 Å². The molecule has 0 unspecified atom stereocenters. The Hall–Kier alpha value is -4.49. The molecule has 250 valence electrons. The molecule has 2 amide bonds. The van der Waals surface area contributed by atoms with Gasteiger partial charge >= 0.3 is 6.18 Å². The number of anilines is 1. The van der Waals surface area contributed by atoms with Crippen molar-refractivity contribution < 1.29 is 22.8 Å². The number of likely N-dealkylation sites (N-methyl/N-ethyl adjacent to an activating group) is 1. The average molecular weight is 724 g/mol. The minimum absolute atomic E-state index is 0.0281. The monoisotopic (exact) mass is 722 g/mol. The van der Waals surface area contributed by atoms with Crippen molar-refractivity contribution in [1.29, 1.82) is 0 Å². The molecule has 0 saturated carbocycles. The number of hydrogen-bond donors (Lipinski definition) is 1. The van der Waals surface area contributed by atoms with E-state index in [2.05, 4.69) is 31.0 Å². The lowest BCUT2D eigenvalue weighted by Gasteiger charge is -2.45. The number of carbonyl (C=O) groups is 2. The number of halogens is 4. The fourth-order valence-corrected chi connectivity index (χ4v) is 6.77. The number of fused-ring (bicyclic) bond motifs is 1. The van der Waals surface area contributed by atoms with Crippen LogP contribution in [0.1, 0.15) is 50.0 Å². The molecule has 13 heteroatoms. The summed E-state index contributed by atoms with van der Waals surface area (Å²) in [6, 6.07) is 19.5. The van der Waals surface area contributed by atoms with Crippen LogP contribution < -0.4 is 15.8 Å². The summed E-state index contributed by atoms with van der Waals surface area (Å²) in [6.07, 6.45) is -4.48. The summed E-state index contributed by atoms with van der Waals surface area (Å²) in [4.78, 5) is 51.4. The predicted octanol–water partition coefficient (Wildman–Crippen LogP) is 5.28. The van der Waals surface area contributed by atoms with Crippen LogP contribution in [-0.2, 0) is 25.7 Å². The highest BCUT2D eigenvalue weighted by Gasteiger charge is 2.38. The molecule has 1 fully saturated rings. The summed E-state index contributed by atoms with van der Waals surface area (Å²) >= 11 is 2.94. The zero-order valence-electron chi connectivity index (χ0n) is 26.6. The van der Waals surface area contributed by atoms with E-state index in [-0.39, 0.29) is 40.5 Å². The first kappa shape index (κ1) is 33.4. The van der Waals surface area contributed by atoms with E-state index < -0.39 is 23.7 Å². The lowest BCUT2D eigenvalue weighted by atomic mass is 9.98. The summed E-state index contributed by atoms with van der Waals surface area (Å²) in [7, 11) is 3.56. The summed E-state index contributed by atoms with van der Waals surface area (Å²) in [5, 5.41) is 2.60. The zero-order chi connectivity index (χ0) is 34.3. The van der Waals surface area contributed by atoms with Crippen LogP contribution in [0, 0.1) is 0 Å². The maximum absolute atomic E-state index is 14.5. The van der Waals surface area contributed by atoms with Gasteiger partial charge in [-0.05, 0) is 68.4 Å². The van der Waals surface area contributed by atoms with Crippen molar-refractivity contribution in [1.82, 2.24) is 24.7 Å². The molecule has 2 aliphatic rings. The van der Waals surface area contributed by atoms with Gasteiger partial charge in [-0.3, -0.25) is 14.4 Å². The summed E-state index contributed by atoms with van der Waals surface area (Å²) in [6.45, 7) is 3.66. The number of aromatic nitrogens is 2. The molecular weight excluding hydrogens is 689 g/mol. The molecular formula is C35H34BrF3N6O3. The van der Waals surface area contributed by atoms with E-state index in [1.807, 2.05) is 37.4 Å². The Labute approximate surface area is 284 Å². The average Bonchev–Trinajstić information content (AvgIpc) is 3.05. The van der Waals surface area contributed by atoms with Gasteiger partial charge in [-0.25, -0.2) is 9.55 Å². The number of rotatable bonds is 7. The molecule has 1 aromatic heterocycles. The molecule has 1 saturated heterocycles. The second kappa shape index (κ2) is 13.2. The van der Waals surface area contributed by atoms with Gasteiger partial charge in [0.1, 0.15) is 0 Å². The normalized spacial score (nSPS) is 16.6. The molecule has 0 aliphatic carbocycles. The third kappa shape index (κ3) is 6.48. The first-order valence-corrected chi connectivity index (χ1v) is 16.3. The molecule has 0 spiro atoms. The van der Waals surface area contributed by atoms with E-state index in [1.54, 1.807) is 42.8 Å².